The molecule has 5 nitrogen and oxygen atoms in total. The molecule has 1 amide bonds. The number of piperazine rings is 1. The molecule has 3 aliphatic rings. The zero-order chi connectivity index (χ0) is 17.1. The Morgan fingerprint density at radius 1 is 1.16 bits per heavy atom. The summed E-state index contributed by atoms with van der Waals surface area (Å²) in [6, 6.07) is 8.55. The molecule has 0 aromatic heterocycles. The van der Waals surface area contributed by atoms with Gasteiger partial charge in [0.25, 0.3) is 5.91 Å². The van der Waals surface area contributed by atoms with Crippen LogP contribution in [-0.2, 0) is 0 Å². The van der Waals surface area contributed by atoms with Gasteiger partial charge in [-0.3, -0.25) is 4.79 Å². The number of hydrogen-bond acceptors (Lipinski definition) is 4. The summed E-state index contributed by atoms with van der Waals surface area (Å²) in [5.41, 5.74) is 0.771. The van der Waals surface area contributed by atoms with E-state index < -0.39 is 0 Å². The van der Waals surface area contributed by atoms with Gasteiger partial charge in [0.15, 0.2) is 0 Å². The lowest BCUT2D eigenvalue weighted by Gasteiger charge is -2.27. The Hall–Kier alpha value is -1.59. The van der Waals surface area contributed by atoms with E-state index in [1.54, 1.807) is 0 Å². The predicted octanol–water partition coefficient (Wildman–Crippen LogP) is 2.13. The highest BCUT2D eigenvalue weighted by Crippen LogP contribution is 2.25. The molecule has 5 heteroatoms. The van der Waals surface area contributed by atoms with Gasteiger partial charge in [0, 0.05) is 37.3 Å². The molecule has 0 unspecified atom stereocenters. The maximum absolute atomic E-state index is 12.6. The summed E-state index contributed by atoms with van der Waals surface area (Å²) in [5.74, 6) is 1.02. The van der Waals surface area contributed by atoms with E-state index in [0.29, 0.717) is 12.1 Å². The van der Waals surface area contributed by atoms with Crippen LogP contribution in [0, 0.1) is 0 Å². The Kier molecular flexibility index (Phi) is 5.22. The van der Waals surface area contributed by atoms with Gasteiger partial charge in [0.1, 0.15) is 5.75 Å². The van der Waals surface area contributed by atoms with Gasteiger partial charge < -0.3 is 19.9 Å². The van der Waals surface area contributed by atoms with Crippen LogP contribution in [0.15, 0.2) is 24.3 Å². The number of ether oxygens (including phenoxy) is 1. The van der Waals surface area contributed by atoms with Gasteiger partial charge in [-0.2, -0.15) is 0 Å². The summed E-state index contributed by atoms with van der Waals surface area (Å²) in [6.07, 6.45) is 6.22. The van der Waals surface area contributed by atoms with E-state index in [1.165, 1.54) is 32.4 Å². The second-order valence-corrected chi connectivity index (χ2v) is 7.58. The molecular formula is C20H29N3O2. The second kappa shape index (κ2) is 7.75. The minimum absolute atomic E-state index is 0.158. The molecule has 25 heavy (non-hydrogen) atoms. The van der Waals surface area contributed by atoms with E-state index in [1.807, 2.05) is 29.2 Å². The first-order valence-electron chi connectivity index (χ1n) is 9.79. The lowest BCUT2D eigenvalue weighted by Crippen LogP contribution is -2.46. The largest absolute Gasteiger partial charge is 0.494 e. The van der Waals surface area contributed by atoms with E-state index in [0.717, 1.165) is 50.4 Å². The third-order valence-corrected chi connectivity index (χ3v) is 5.75. The summed E-state index contributed by atoms with van der Waals surface area (Å²) < 4.78 is 5.85. The fourth-order valence-electron chi connectivity index (χ4n) is 4.33. The number of hydrogen-bond donors (Lipinski definition) is 1. The van der Waals surface area contributed by atoms with Gasteiger partial charge in [-0.05, 0) is 63.0 Å². The maximum Gasteiger partial charge on any atom is 0.254 e. The summed E-state index contributed by atoms with van der Waals surface area (Å²) in [5, 5.41) is 3.44. The van der Waals surface area contributed by atoms with Crippen molar-refractivity contribution in [1.29, 1.82) is 0 Å². The molecule has 3 saturated heterocycles. The molecule has 4 rings (SSSR count). The van der Waals surface area contributed by atoms with Gasteiger partial charge in [-0.15, -0.1) is 0 Å². The molecule has 1 N–H and O–H groups in total. The van der Waals surface area contributed by atoms with Crippen molar-refractivity contribution in [2.45, 2.75) is 44.2 Å². The Labute approximate surface area is 150 Å². The van der Waals surface area contributed by atoms with Crippen molar-refractivity contribution >= 4 is 5.91 Å². The topological polar surface area (TPSA) is 44.8 Å². The molecule has 1 aromatic rings. The average molecular weight is 343 g/mol. The van der Waals surface area contributed by atoms with Crippen LogP contribution >= 0.6 is 0 Å². The van der Waals surface area contributed by atoms with Gasteiger partial charge in [-0.1, -0.05) is 6.42 Å². The van der Waals surface area contributed by atoms with Crippen LogP contribution in [0.2, 0.25) is 0 Å². The first kappa shape index (κ1) is 16.9. The molecule has 136 valence electrons. The minimum Gasteiger partial charge on any atom is -0.494 e. The number of likely N-dealkylation sites (tertiary alicyclic amines) is 2. The number of nitrogens with zero attached hydrogens (tertiary/aromatic N) is 2. The van der Waals surface area contributed by atoms with Crippen LogP contribution in [0.3, 0.4) is 0 Å². The molecule has 0 saturated carbocycles. The molecule has 2 atom stereocenters. The maximum atomic E-state index is 12.6. The Morgan fingerprint density at radius 3 is 2.64 bits per heavy atom. The molecule has 1 aromatic carbocycles. The summed E-state index contributed by atoms with van der Waals surface area (Å²) in [6.45, 7) is 6.13. The first-order chi connectivity index (χ1) is 12.3. The van der Waals surface area contributed by atoms with E-state index >= 15 is 0 Å². The number of benzene rings is 1. The van der Waals surface area contributed by atoms with Crippen LogP contribution in [0.5, 0.6) is 5.75 Å². The van der Waals surface area contributed by atoms with Crippen molar-refractivity contribution in [3.63, 3.8) is 0 Å². The number of carbonyl (C=O) groups excluding carboxylic acids is 1. The summed E-state index contributed by atoms with van der Waals surface area (Å²) in [7, 11) is 0. The van der Waals surface area contributed by atoms with Crippen molar-refractivity contribution in [2.75, 3.05) is 39.3 Å². The fourth-order valence-corrected chi connectivity index (χ4v) is 4.33. The SMILES string of the molecule is O=C(c1ccc(OCCCN2CCCCC2)cc1)N1C[C@@H]2C[C@H]1CN2. The van der Waals surface area contributed by atoms with Gasteiger partial charge in [-0.25, -0.2) is 0 Å². The predicted molar refractivity (Wildman–Crippen MR) is 98.1 cm³/mol. The summed E-state index contributed by atoms with van der Waals surface area (Å²) in [4.78, 5) is 17.2. The quantitative estimate of drug-likeness (QED) is 0.804. The van der Waals surface area contributed by atoms with Crippen molar-refractivity contribution in [1.82, 2.24) is 15.1 Å². The number of carbonyl (C=O) groups is 1. The third-order valence-electron chi connectivity index (χ3n) is 5.75. The number of fused-ring (bicyclic) bond motifs is 2. The summed E-state index contributed by atoms with van der Waals surface area (Å²) >= 11 is 0. The molecule has 3 aliphatic heterocycles. The number of nitrogens with one attached hydrogen (secondary N) is 1. The minimum atomic E-state index is 0.158. The highest BCUT2D eigenvalue weighted by molar-refractivity contribution is 5.94. The normalized spacial score (nSPS) is 26.2. The number of amides is 1. The zero-order valence-corrected chi connectivity index (χ0v) is 15.0. The monoisotopic (exact) mass is 343 g/mol. The standard InChI is InChI=1S/C20H29N3O2/c24-20(23-15-17-13-18(23)14-21-17)16-5-7-19(8-6-16)25-12-4-11-22-9-2-1-3-10-22/h5-8,17-18,21H,1-4,9-15H2/t17-,18-/m0/s1. The van der Waals surface area contributed by atoms with Crippen LogP contribution in [0.4, 0.5) is 0 Å². The van der Waals surface area contributed by atoms with Crippen LogP contribution in [0.1, 0.15) is 42.5 Å². The molecule has 0 aliphatic carbocycles. The third kappa shape index (κ3) is 3.98. The van der Waals surface area contributed by atoms with E-state index in [-0.39, 0.29) is 5.91 Å². The molecular weight excluding hydrogens is 314 g/mol. The first-order valence-corrected chi connectivity index (χ1v) is 9.79. The Balaban J connectivity index is 1.22. The van der Waals surface area contributed by atoms with Gasteiger partial charge >= 0.3 is 0 Å². The zero-order valence-electron chi connectivity index (χ0n) is 15.0. The van der Waals surface area contributed by atoms with Gasteiger partial charge in [0.2, 0.25) is 0 Å². The Morgan fingerprint density at radius 2 is 1.96 bits per heavy atom. The highest BCUT2D eigenvalue weighted by atomic mass is 16.5. The average Bonchev–Trinajstić information content (AvgIpc) is 3.29. The molecule has 3 fully saturated rings. The van der Waals surface area contributed by atoms with Crippen molar-refractivity contribution < 1.29 is 9.53 Å². The van der Waals surface area contributed by atoms with Crippen LogP contribution < -0.4 is 10.1 Å². The highest BCUT2D eigenvalue weighted by Gasteiger charge is 2.40. The molecule has 0 radical (unpaired) electrons. The van der Waals surface area contributed by atoms with Crippen molar-refractivity contribution in [3.8, 4) is 5.75 Å². The van der Waals surface area contributed by atoms with Crippen LogP contribution in [-0.4, -0.2) is 67.1 Å². The number of rotatable bonds is 6. The lowest BCUT2D eigenvalue weighted by molar-refractivity contribution is 0.0716. The second-order valence-electron chi connectivity index (χ2n) is 7.58. The van der Waals surface area contributed by atoms with E-state index in [2.05, 4.69) is 10.2 Å². The fraction of sp³-hybridized carbons (Fsp3) is 0.650. The molecule has 3 heterocycles. The van der Waals surface area contributed by atoms with Crippen molar-refractivity contribution in [3.05, 3.63) is 29.8 Å². The van der Waals surface area contributed by atoms with Crippen LogP contribution in [0.25, 0.3) is 0 Å². The molecule has 2 bridgehead atoms. The van der Waals surface area contributed by atoms with E-state index in [9.17, 15) is 4.79 Å². The van der Waals surface area contributed by atoms with Crippen molar-refractivity contribution in [2.24, 2.45) is 0 Å². The number of piperidine rings is 1. The van der Waals surface area contributed by atoms with Gasteiger partial charge in [0.05, 0.1) is 6.61 Å². The van der Waals surface area contributed by atoms with E-state index in [4.69, 9.17) is 4.74 Å². The lowest BCUT2D eigenvalue weighted by atomic mass is 10.1. The Bertz CT molecular complexity index is 583. The molecule has 0 spiro atoms. The smallest absolute Gasteiger partial charge is 0.254 e.